The highest BCUT2D eigenvalue weighted by molar-refractivity contribution is 6.00. The predicted octanol–water partition coefficient (Wildman–Crippen LogP) is 1.61. The number of β-lactam (4-membered cyclic amide) rings is 1. The first-order valence-electron chi connectivity index (χ1n) is 6.12. The van der Waals surface area contributed by atoms with Crippen molar-refractivity contribution in [2.75, 3.05) is 6.54 Å². The summed E-state index contributed by atoms with van der Waals surface area (Å²) in [5.41, 5.74) is 7.04. The van der Waals surface area contributed by atoms with Crippen LogP contribution in [-0.4, -0.2) is 30.4 Å². The summed E-state index contributed by atoms with van der Waals surface area (Å²) in [7, 11) is 0. The lowest BCUT2D eigenvalue weighted by Crippen LogP contribution is -2.70. The third kappa shape index (κ3) is 3.29. The summed E-state index contributed by atoms with van der Waals surface area (Å²) in [5.74, 6) is -1.30. The van der Waals surface area contributed by atoms with Gasteiger partial charge in [0.2, 0.25) is 5.91 Å². The zero-order valence-electron chi connectivity index (χ0n) is 11.0. The molecule has 22 heavy (non-hydrogen) atoms. The van der Waals surface area contributed by atoms with Gasteiger partial charge in [-0.1, -0.05) is 11.2 Å². The Hall–Kier alpha value is -2.74. The van der Waals surface area contributed by atoms with Crippen molar-refractivity contribution in [3.8, 4) is 0 Å². The number of carbonyl (C=O) groups excluding carboxylic acids is 2. The van der Waals surface area contributed by atoms with Gasteiger partial charge in [0.05, 0.1) is 11.6 Å². The fourth-order valence-corrected chi connectivity index (χ4v) is 1.95. The van der Waals surface area contributed by atoms with E-state index in [1.165, 1.54) is 6.07 Å². The van der Waals surface area contributed by atoms with Gasteiger partial charge in [0, 0.05) is 17.0 Å². The van der Waals surface area contributed by atoms with Gasteiger partial charge < -0.3 is 10.6 Å². The van der Waals surface area contributed by atoms with E-state index in [0.29, 0.717) is 6.07 Å². The van der Waals surface area contributed by atoms with Crippen LogP contribution in [-0.2, 0) is 11.0 Å². The van der Waals surface area contributed by atoms with Crippen molar-refractivity contribution in [3.05, 3.63) is 45.8 Å². The summed E-state index contributed by atoms with van der Waals surface area (Å²) >= 11 is 0. The van der Waals surface area contributed by atoms with Crippen LogP contribution in [0.1, 0.15) is 15.9 Å². The second-order valence-corrected chi connectivity index (χ2v) is 4.56. The van der Waals surface area contributed by atoms with Gasteiger partial charge in [-0.05, 0) is 23.7 Å². The van der Waals surface area contributed by atoms with Gasteiger partial charge in [-0.2, -0.15) is 13.2 Å². The Morgan fingerprint density at radius 1 is 1.45 bits per heavy atom. The van der Waals surface area contributed by atoms with E-state index in [4.69, 9.17) is 5.53 Å². The fourth-order valence-electron chi connectivity index (χ4n) is 1.95. The van der Waals surface area contributed by atoms with Crippen molar-refractivity contribution >= 4 is 11.8 Å². The minimum Gasteiger partial charge on any atom is -0.349 e. The molecule has 1 aromatic carbocycles. The van der Waals surface area contributed by atoms with E-state index in [1.54, 1.807) is 0 Å². The highest BCUT2D eigenvalue weighted by Crippen LogP contribution is 2.29. The lowest BCUT2D eigenvalue weighted by Gasteiger charge is -2.36. The molecule has 1 aliphatic heterocycles. The van der Waals surface area contributed by atoms with E-state index in [2.05, 4.69) is 20.7 Å². The molecule has 1 aliphatic rings. The molecule has 0 bridgehead atoms. The summed E-state index contributed by atoms with van der Waals surface area (Å²) in [4.78, 5) is 25.8. The summed E-state index contributed by atoms with van der Waals surface area (Å²) in [6, 6.07) is 2.36. The van der Waals surface area contributed by atoms with Gasteiger partial charge >= 0.3 is 6.18 Å². The molecule has 7 nitrogen and oxygen atoms in total. The number of nitrogens with one attached hydrogen (secondary N) is 2. The molecular formula is C12H10F3N5O2. The van der Waals surface area contributed by atoms with Gasteiger partial charge in [-0.15, -0.1) is 0 Å². The van der Waals surface area contributed by atoms with Crippen LogP contribution >= 0.6 is 0 Å². The zero-order valence-corrected chi connectivity index (χ0v) is 11.0. The van der Waals surface area contributed by atoms with Crippen LogP contribution < -0.4 is 10.6 Å². The molecule has 2 rings (SSSR count). The van der Waals surface area contributed by atoms with Crippen LogP contribution in [0.2, 0.25) is 0 Å². The Labute approximate surface area is 122 Å². The number of nitrogens with zero attached hydrogens (tertiary/aromatic N) is 3. The first kappa shape index (κ1) is 15.6. The number of benzene rings is 1. The Morgan fingerprint density at radius 3 is 2.77 bits per heavy atom. The Bertz CT molecular complexity index is 654. The summed E-state index contributed by atoms with van der Waals surface area (Å²) in [5, 5.41) is 8.01. The number of rotatable bonds is 4. The van der Waals surface area contributed by atoms with Crippen molar-refractivity contribution in [1.29, 1.82) is 0 Å². The average molecular weight is 313 g/mol. The number of hydrogen-bond donors (Lipinski definition) is 2. The van der Waals surface area contributed by atoms with Crippen molar-refractivity contribution < 1.29 is 22.8 Å². The van der Waals surface area contributed by atoms with Crippen LogP contribution in [0.4, 0.5) is 13.2 Å². The van der Waals surface area contributed by atoms with Crippen molar-refractivity contribution in [3.63, 3.8) is 0 Å². The molecule has 2 N–H and O–H groups in total. The first-order chi connectivity index (χ1) is 10.3. The summed E-state index contributed by atoms with van der Waals surface area (Å²) in [6.45, 7) is -0.0597. The van der Waals surface area contributed by atoms with Gasteiger partial charge in [0.25, 0.3) is 5.91 Å². The molecule has 2 amide bonds. The molecule has 1 heterocycles. The minimum absolute atomic E-state index is 0.0597. The lowest BCUT2D eigenvalue weighted by atomic mass is 9.98. The van der Waals surface area contributed by atoms with Crippen LogP contribution in [0, 0.1) is 0 Å². The molecule has 0 aromatic heterocycles. The molecule has 1 aromatic rings. The maximum Gasteiger partial charge on any atom is 0.416 e. The van der Waals surface area contributed by atoms with Crippen LogP contribution in [0.25, 0.3) is 10.4 Å². The molecule has 10 heteroatoms. The van der Waals surface area contributed by atoms with E-state index in [1.807, 2.05) is 0 Å². The van der Waals surface area contributed by atoms with E-state index >= 15 is 0 Å². The van der Waals surface area contributed by atoms with Crippen molar-refractivity contribution in [1.82, 2.24) is 10.6 Å². The molecular weight excluding hydrogens is 303 g/mol. The maximum atomic E-state index is 12.6. The van der Waals surface area contributed by atoms with Crippen molar-refractivity contribution in [2.24, 2.45) is 5.11 Å². The Balaban J connectivity index is 2.09. The third-order valence-electron chi connectivity index (χ3n) is 3.09. The van der Waals surface area contributed by atoms with E-state index in [9.17, 15) is 22.8 Å². The molecule has 116 valence electrons. The number of azide groups is 1. The number of hydrogen-bond acceptors (Lipinski definition) is 3. The molecule has 1 saturated heterocycles. The van der Waals surface area contributed by atoms with E-state index < -0.39 is 35.6 Å². The fraction of sp³-hybridized carbons (Fsp3) is 0.333. The summed E-state index contributed by atoms with van der Waals surface area (Å²) < 4.78 is 37.8. The van der Waals surface area contributed by atoms with E-state index in [0.717, 1.165) is 12.1 Å². The molecule has 0 spiro atoms. The van der Waals surface area contributed by atoms with Crippen LogP contribution in [0.5, 0.6) is 0 Å². The largest absolute Gasteiger partial charge is 0.416 e. The first-order valence-corrected chi connectivity index (χ1v) is 6.12. The third-order valence-corrected chi connectivity index (χ3v) is 3.09. The Kier molecular flexibility index (Phi) is 4.22. The number of carbonyl (C=O) groups is 2. The predicted molar refractivity (Wildman–Crippen MR) is 68.6 cm³/mol. The van der Waals surface area contributed by atoms with Gasteiger partial charge in [0.15, 0.2) is 0 Å². The number of halogens is 3. The van der Waals surface area contributed by atoms with Crippen LogP contribution in [0.15, 0.2) is 29.4 Å². The second kappa shape index (κ2) is 5.94. The molecule has 1 fully saturated rings. The minimum atomic E-state index is -4.56. The number of alkyl halides is 3. The van der Waals surface area contributed by atoms with Crippen LogP contribution in [0.3, 0.4) is 0 Å². The average Bonchev–Trinajstić information content (AvgIpc) is 2.48. The van der Waals surface area contributed by atoms with Gasteiger partial charge in [-0.25, -0.2) is 0 Å². The van der Waals surface area contributed by atoms with Gasteiger partial charge in [0.1, 0.15) is 6.04 Å². The SMILES string of the molecule is [N-]=[N+]=NCC1NC(=O)C1NC(=O)c1cccc(C(F)(F)F)c1. The van der Waals surface area contributed by atoms with Crippen molar-refractivity contribution in [2.45, 2.75) is 18.3 Å². The molecule has 2 atom stereocenters. The quantitative estimate of drug-likeness (QED) is 0.381. The number of amides is 2. The second-order valence-electron chi connectivity index (χ2n) is 4.56. The maximum absolute atomic E-state index is 12.6. The summed E-state index contributed by atoms with van der Waals surface area (Å²) in [6.07, 6.45) is -4.56. The smallest absolute Gasteiger partial charge is 0.349 e. The van der Waals surface area contributed by atoms with E-state index in [-0.39, 0.29) is 12.1 Å². The standard InChI is InChI=1S/C12H10F3N5O2/c13-12(14,15)7-3-1-2-6(4-7)10(21)19-9-8(5-17-20-16)18-11(9)22/h1-4,8-9H,5H2,(H,18,22)(H,19,21). The Morgan fingerprint density at radius 2 is 2.18 bits per heavy atom. The normalized spacial score (nSPS) is 20.4. The topological polar surface area (TPSA) is 107 Å². The zero-order chi connectivity index (χ0) is 16.3. The molecule has 0 aliphatic carbocycles. The molecule has 0 saturated carbocycles. The molecule has 2 unspecified atom stereocenters. The highest BCUT2D eigenvalue weighted by atomic mass is 19.4. The lowest BCUT2D eigenvalue weighted by molar-refractivity contribution is -0.137. The molecule has 0 radical (unpaired) electrons. The van der Waals surface area contributed by atoms with Gasteiger partial charge in [-0.3, -0.25) is 9.59 Å². The monoisotopic (exact) mass is 313 g/mol. The highest BCUT2D eigenvalue weighted by Gasteiger charge is 2.40.